The number of pyridine rings is 2. The summed E-state index contributed by atoms with van der Waals surface area (Å²) in [6, 6.07) is 1.84. The third kappa shape index (κ3) is 4.90. The van der Waals surface area contributed by atoms with Gasteiger partial charge in [0.05, 0.1) is 12.4 Å². The van der Waals surface area contributed by atoms with E-state index >= 15 is 0 Å². The fourth-order valence-electron chi connectivity index (χ4n) is 5.54. The van der Waals surface area contributed by atoms with Crippen LogP contribution in [-0.2, 0) is 11.3 Å². The summed E-state index contributed by atoms with van der Waals surface area (Å²) in [5.41, 5.74) is 8.25. The molecule has 2 aromatic rings. The summed E-state index contributed by atoms with van der Waals surface area (Å²) in [6.45, 7) is 3.21. The molecule has 2 saturated heterocycles. The summed E-state index contributed by atoms with van der Waals surface area (Å²) in [6.07, 6.45) is 12.2. The Balaban J connectivity index is 1.26. The highest BCUT2D eigenvalue weighted by Crippen LogP contribution is 2.40. The molecule has 5 rings (SSSR count). The predicted molar refractivity (Wildman–Crippen MR) is 120 cm³/mol. The number of halogens is 2. The Bertz CT molecular complexity index is 978. The number of likely N-dealkylation sites (tertiary alicyclic amines) is 1. The van der Waals surface area contributed by atoms with Crippen molar-refractivity contribution >= 4 is 11.6 Å². The number of hydrazine groups is 1. The molecule has 1 amide bonds. The minimum atomic E-state index is -0.885. The molecular weight excluding hydrogens is 426 g/mol. The zero-order valence-electron chi connectivity index (χ0n) is 18.6. The van der Waals surface area contributed by atoms with Crippen LogP contribution >= 0.6 is 0 Å². The summed E-state index contributed by atoms with van der Waals surface area (Å²) >= 11 is 0. The summed E-state index contributed by atoms with van der Waals surface area (Å²) in [5, 5.41) is 2.41. The third-order valence-electron chi connectivity index (χ3n) is 7.28. The van der Waals surface area contributed by atoms with Crippen molar-refractivity contribution in [2.75, 3.05) is 18.4 Å². The van der Waals surface area contributed by atoms with Crippen LogP contribution in [0.15, 0.2) is 30.9 Å². The molecule has 1 aliphatic carbocycles. The average Bonchev–Trinajstić information content (AvgIpc) is 3.26. The van der Waals surface area contributed by atoms with Crippen molar-refractivity contribution in [3.05, 3.63) is 53.6 Å². The van der Waals surface area contributed by atoms with Gasteiger partial charge in [0.2, 0.25) is 5.91 Å². The lowest BCUT2D eigenvalue weighted by molar-refractivity contribution is -0.119. The van der Waals surface area contributed by atoms with Crippen molar-refractivity contribution in [2.24, 2.45) is 5.92 Å². The number of nitrogens with zero attached hydrogens (tertiary/aromatic N) is 3. The van der Waals surface area contributed by atoms with Gasteiger partial charge in [0, 0.05) is 30.9 Å². The second-order valence-corrected chi connectivity index (χ2v) is 9.48. The van der Waals surface area contributed by atoms with E-state index in [0.717, 1.165) is 51.3 Å². The molecular formula is C24H30F2N6O. The third-order valence-corrected chi connectivity index (χ3v) is 7.28. The number of amides is 1. The molecule has 2 aliphatic heterocycles. The van der Waals surface area contributed by atoms with Crippen molar-refractivity contribution in [1.29, 1.82) is 0 Å². The minimum Gasteiger partial charge on any atom is -0.320 e. The Morgan fingerprint density at radius 2 is 1.79 bits per heavy atom. The van der Waals surface area contributed by atoms with Gasteiger partial charge in [-0.05, 0) is 62.2 Å². The molecule has 9 heteroatoms. The van der Waals surface area contributed by atoms with Crippen molar-refractivity contribution in [3.8, 4) is 0 Å². The van der Waals surface area contributed by atoms with Gasteiger partial charge in [-0.15, -0.1) is 0 Å². The highest BCUT2D eigenvalue weighted by molar-refractivity contribution is 5.95. The van der Waals surface area contributed by atoms with Crippen LogP contribution in [-0.4, -0.2) is 45.9 Å². The maximum absolute atomic E-state index is 14.0. The molecule has 33 heavy (non-hydrogen) atoms. The number of nitrogens with one attached hydrogen (secondary N) is 3. The van der Waals surface area contributed by atoms with E-state index in [1.807, 2.05) is 12.4 Å². The first-order valence-corrected chi connectivity index (χ1v) is 11.9. The smallest absolute Gasteiger partial charge is 0.243 e. The van der Waals surface area contributed by atoms with Gasteiger partial charge in [0.15, 0.2) is 11.6 Å². The zero-order chi connectivity index (χ0) is 22.8. The van der Waals surface area contributed by atoms with Crippen LogP contribution in [0.5, 0.6) is 0 Å². The van der Waals surface area contributed by atoms with Crippen LogP contribution in [0.3, 0.4) is 0 Å². The summed E-state index contributed by atoms with van der Waals surface area (Å²) < 4.78 is 27.9. The molecule has 0 spiro atoms. The Hall–Kier alpha value is -2.49. The van der Waals surface area contributed by atoms with Crippen LogP contribution in [0.2, 0.25) is 0 Å². The first kappa shape index (κ1) is 22.3. The van der Waals surface area contributed by atoms with Crippen molar-refractivity contribution in [1.82, 2.24) is 25.7 Å². The molecule has 4 unspecified atom stereocenters. The molecule has 1 saturated carbocycles. The van der Waals surface area contributed by atoms with E-state index in [0.29, 0.717) is 5.92 Å². The second kappa shape index (κ2) is 9.79. The largest absolute Gasteiger partial charge is 0.320 e. The average molecular weight is 457 g/mol. The highest BCUT2D eigenvalue weighted by Gasteiger charge is 2.44. The highest BCUT2D eigenvalue weighted by atomic mass is 19.1. The second-order valence-electron chi connectivity index (χ2n) is 9.48. The molecule has 0 radical (unpaired) electrons. The maximum Gasteiger partial charge on any atom is 0.243 e. The van der Waals surface area contributed by atoms with Gasteiger partial charge in [-0.3, -0.25) is 25.1 Å². The first-order valence-electron chi connectivity index (χ1n) is 11.9. The van der Waals surface area contributed by atoms with Gasteiger partial charge < -0.3 is 5.32 Å². The lowest BCUT2D eigenvalue weighted by Crippen LogP contribution is -2.43. The molecule has 2 aromatic heterocycles. The summed E-state index contributed by atoms with van der Waals surface area (Å²) in [5.74, 6) is -1.90. The Morgan fingerprint density at radius 3 is 2.58 bits per heavy atom. The van der Waals surface area contributed by atoms with Crippen molar-refractivity contribution < 1.29 is 13.6 Å². The Morgan fingerprint density at radius 1 is 1.03 bits per heavy atom. The molecule has 176 valence electrons. The van der Waals surface area contributed by atoms with Gasteiger partial charge in [0.25, 0.3) is 0 Å². The van der Waals surface area contributed by atoms with Crippen LogP contribution in [0.1, 0.15) is 55.6 Å². The van der Waals surface area contributed by atoms with Crippen LogP contribution in [0.4, 0.5) is 14.5 Å². The number of hydrogen-bond donors (Lipinski definition) is 3. The van der Waals surface area contributed by atoms with E-state index in [4.69, 9.17) is 0 Å². The van der Waals surface area contributed by atoms with Gasteiger partial charge in [-0.1, -0.05) is 12.5 Å². The van der Waals surface area contributed by atoms with Crippen LogP contribution < -0.4 is 16.2 Å². The number of hydrogen-bond acceptors (Lipinski definition) is 6. The summed E-state index contributed by atoms with van der Waals surface area (Å²) in [4.78, 5) is 23.4. The van der Waals surface area contributed by atoms with Crippen LogP contribution in [0.25, 0.3) is 0 Å². The molecule has 0 aromatic carbocycles. The van der Waals surface area contributed by atoms with E-state index < -0.39 is 29.3 Å². The standard InChI is InChI=1S/C24H30F2N6O/c25-19-12-28-13-20(26)23(19)29-24(33)22-18-9-16(4-5-21(18)30-31-22)17-8-15(10-27-11-17)14-32-6-2-1-3-7-32/h8,10-13,16,18,21-22,30-31H,1-7,9,14H2,(H,28,29,33). The number of piperidine rings is 1. The topological polar surface area (TPSA) is 82.2 Å². The molecule has 0 bridgehead atoms. The monoisotopic (exact) mass is 456 g/mol. The Labute approximate surface area is 192 Å². The lowest BCUT2D eigenvalue weighted by atomic mass is 9.73. The molecule has 3 fully saturated rings. The maximum atomic E-state index is 14.0. The van der Waals surface area contributed by atoms with Gasteiger partial charge in [0.1, 0.15) is 11.7 Å². The molecule has 4 heterocycles. The molecule has 3 N–H and O–H groups in total. The van der Waals surface area contributed by atoms with E-state index in [2.05, 4.69) is 37.1 Å². The fraction of sp³-hybridized carbons (Fsp3) is 0.542. The minimum absolute atomic E-state index is 0.0162. The van der Waals surface area contributed by atoms with Gasteiger partial charge in [-0.25, -0.2) is 14.2 Å². The fourth-order valence-corrected chi connectivity index (χ4v) is 5.54. The molecule has 4 atom stereocenters. The number of rotatable bonds is 5. The SMILES string of the molecule is O=C(Nc1c(F)cncc1F)C1NNC2CCC(c3cncc(CN4CCCCC4)c3)CC21. The summed E-state index contributed by atoms with van der Waals surface area (Å²) in [7, 11) is 0. The van der Waals surface area contributed by atoms with Crippen molar-refractivity contribution in [3.63, 3.8) is 0 Å². The lowest BCUT2D eigenvalue weighted by Gasteiger charge is -2.33. The van der Waals surface area contributed by atoms with E-state index in [1.54, 1.807) is 0 Å². The van der Waals surface area contributed by atoms with E-state index in [-0.39, 0.29) is 12.0 Å². The molecule has 3 aliphatic rings. The normalized spacial score (nSPS) is 27.8. The van der Waals surface area contributed by atoms with E-state index in [1.165, 1.54) is 30.4 Å². The Kier molecular flexibility index (Phi) is 6.62. The number of anilines is 1. The quantitative estimate of drug-likeness (QED) is 0.642. The van der Waals surface area contributed by atoms with Crippen molar-refractivity contribution in [2.45, 2.75) is 63.1 Å². The number of fused-ring (bicyclic) bond motifs is 1. The predicted octanol–water partition coefficient (Wildman–Crippen LogP) is 3.11. The number of aromatic nitrogens is 2. The number of carbonyl (C=O) groups is 1. The first-order chi connectivity index (χ1) is 16.1. The number of carbonyl (C=O) groups excluding carboxylic acids is 1. The van der Waals surface area contributed by atoms with Gasteiger partial charge in [-0.2, -0.15) is 0 Å². The van der Waals surface area contributed by atoms with Gasteiger partial charge >= 0.3 is 0 Å². The molecule has 7 nitrogen and oxygen atoms in total. The van der Waals surface area contributed by atoms with Crippen LogP contribution in [0, 0.1) is 17.6 Å². The zero-order valence-corrected chi connectivity index (χ0v) is 18.6. The van der Waals surface area contributed by atoms with E-state index in [9.17, 15) is 13.6 Å².